The Kier molecular flexibility index (Phi) is 3.88. The second-order valence-electron chi connectivity index (χ2n) is 4.94. The van der Waals surface area contributed by atoms with Crippen LogP contribution in [0, 0.1) is 0 Å². The van der Waals surface area contributed by atoms with Crippen LogP contribution in [-0.2, 0) is 0 Å². The van der Waals surface area contributed by atoms with Crippen LogP contribution in [-0.4, -0.2) is 40.1 Å². The molecule has 0 bridgehead atoms. The third-order valence-corrected chi connectivity index (χ3v) is 3.56. The van der Waals surface area contributed by atoms with E-state index >= 15 is 0 Å². The Morgan fingerprint density at radius 2 is 2.17 bits per heavy atom. The van der Waals surface area contributed by atoms with Crippen molar-refractivity contribution in [1.82, 2.24) is 9.88 Å². The lowest BCUT2D eigenvalue weighted by atomic mass is 10.0. The van der Waals surface area contributed by atoms with Crippen LogP contribution >= 0.6 is 11.6 Å². The van der Waals surface area contributed by atoms with E-state index in [4.69, 9.17) is 11.6 Å². The summed E-state index contributed by atoms with van der Waals surface area (Å²) in [4.78, 5) is 17.6. The number of carbonyl (C=O) groups excluding carboxylic acids is 1. The summed E-state index contributed by atoms with van der Waals surface area (Å²) in [6, 6.07) is 4.95. The van der Waals surface area contributed by atoms with Crippen LogP contribution in [0.5, 0.6) is 0 Å². The molecule has 1 heterocycles. The molecule has 0 saturated heterocycles. The second-order valence-corrected chi connectivity index (χ2v) is 5.33. The molecule has 2 rings (SSSR count). The molecule has 1 N–H and O–H groups in total. The van der Waals surface area contributed by atoms with Gasteiger partial charge < -0.3 is 10.0 Å². The van der Waals surface area contributed by atoms with E-state index in [1.807, 2.05) is 0 Å². The molecule has 1 amide bonds. The van der Waals surface area contributed by atoms with Gasteiger partial charge in [0.25, 0.3) is 5.91 Å². The quantitative estimate of drug-likeness (QED) is 0.855. The Bertz CT molecular complexity index is 444. The first-order chi connectivity index (χ1) is 8.50. The molecule has 0 atom stereocenters. The highest BCUT2D eigenvalue weighted by atomic mass is 35.5. The number of aromatic nitrogens is 1. The number of aliphatic hydroxyl groups is 1. The standard InChI is InChI=1S/C13H17ClN2O2/c1-16(9-13(18)7-2-3-8-13)12(17)10-5-4-6-11(14)15-10/h4-6,18H,2-3,7-9H2,1H3. The molecule has 0 spiro atoms. The zero-order valence-corrected chi connectivity index (χ0v) is 11.2. The molecule has 1 saturated carbocycles. The maximum Gasteiger partial charge on any atom is 0.272 e. The van der Waals surface area contributed by atoms with Crippen molar-refractivity contribution in [2.45, 2.75) is 31.3 Å². The van der Waals surface area contributed by atoms with Crippen LogP contribution in [0.4, 0.5) is 0 Å². The number of amides is 1. The zero-order chi connectivity index (χ0) is 13.2. The zero-order valence-electron chi connectivity index (χ0n) is 10.4. The van der Waals surface area contributed by atoms with Gasteiger partial charge in [0.2, 0.25) is 0 Å². The van der Waals surface area contributed by atoms with Gasteiger partial charge in [-0.05, 0) is 25.0 Å². The summed E-state index contributed by atoms with van der Waals surface area (Å²) in [5, 5.41) is 10.6. The number of carbonyl (C=O) groups is 1. The second kappa shape index (κ2) is 5.24. The van der Waals surface area contributed by atoms with Gasteiger partial charge in [-0.15, -0.1) is 0 Å². The average Bonchev–Trinajstić information content (AvgIpc) is 2.74. The maximum atomic E-state index is 12.1. The van der Waals surface area contributed by atoms with Crippen molar-refractivity contribution in [3.8, 4) is 0 Å². The third kappa shape index (κ3) is 3.00. The number of hydrogen-bond donors (Lipinski definition) is 1. The molecule has 5 heteroatoms. The first-order valence-electron chi connectivity index (χ1n) is 6.11. The fraction of sp³-hybridized carbons (Fsp3) is 0.538. The van der Waals surface area contributed by atoms with E-state index in [2.05, 4.69) is 4.98 Å². The minimum absolute atomic E-state index is 0.210. The first kappa shape index (κ1) is 13.3. The minimum Gasteiger partial charge on any atom is -0.388 e. The number of rotatable bonds is 3. The molecule has 1 fully saturated rings. The van der Waals surface area contributed by atoms with Crippen molar-refractivity contribution >= 4 is 17.5 Å². The Morgan fingerprint density at radius 1 is 1.50 bits per heavy atom. The van der Waals surface area contributed by atoms with Crippen LogP contribution in [0.1, 0.15) is 36.2 Å². The largest absolute Gasteiger partial charge is 0.388 e. The van der Waals surface area contributed by atoms with Gasteiger partial charge in [-0.2, -0.15) is 0 Å². The average molecular weight is 269 g/mol. The highest BCUT2D eigenvalue weighted by Crippen LogP contribution is 2.30. The highest BCUT2D eigenvalue weighted by molar-refractivity contribution is 6.29. The van der Waals surface area contributed by atoms with Crippen LogP contribution in [0.2, 0.25) is 5.15 Å². The Balaban J connectivity index is 2.04. The smallest absolute Gasteiger partial charge is 0.272 e. The lowest BCUT2D eigenvalue weighted by molar-refractivity contribution is 0.0155. The Morgan fingerprint density at radius 3 is 2.78 bits per heavy atom. The van der Waals surface area contributed by atoms with Gasteiger partial charge >= 0.3 is 0 Å². The fourth-order valence-corrected chi connectivity index (χ4v) is 2.59. The summed E-state index contributed by atoms with van der Waals surface area (Å²) in [6.45, 7) is 0.347. The predicted octanol–water partition coefficient (Wildman–Crippen LogP) is 2.11. The highest BCUT2D eigenvalue weighted by Gasteiger charge is 2.33. The van der Waals surface area contributed by atoms with Crippen molar-refractivity contribution in [1.29, 1.82) is 0 Å². The third-order valence-electron chi connectivity index (χ3n) is 3.35. The van der Waals surface area contributed by atoms with Gasteiger partial charge in [0, 0.05) is 13.6 Å². The molecule has 1 aromatic heterocycles. The predicted molar refractivity (Wildman–Crippen MR) is 69.6 cm³/mol. The fourth-order valence-electron chi connectivity index (χ4n) is 2.43. The summed E-state index contributed by atoms with van der Waals surface area (Å²) in [6.07, 6.45) is 3.56. The van der Waals surface area contributed by atoms with Crippen molar-refractivity contribution in [2.75, 3.05) is 13.6 Å². The summed E-state index contributed by atoms with van der Waals surface area (Å²) < 4.78 is 0. The summed E-state index contributed by atoms with van der Waals surface area (Å²) in [5.74, 6) is -0.210. The van der Waals surface area contributed by atoms with E-state index < -0.39 is 5.60 Å². The lowest BCUT2D eigenvalue weighted by Gasteiger charge is -2.28. The van der Waals surface area contributed by atoms with E-state index in [0.29, 0.717) is 17.4 Å². The molecule has 18 heavy (non-hydrogen) atoms. The minimum atomic E-state index is -0.733. The molecule has 1 aliphatic rings. The normalized spacial score (nSPS) is 17.7. The van der Waals surface area contributed by atoms with Crippen LogP contribution in [0.15, 0.2) is 18.2 Å². The summed E-state index contributed by atoms with van der Waals surface area (Å²) >= 11 is 5.76. The van der Waals surface area contributed by atoms with Gasteiger partial charge in [-0.1, -0.05) is 30.5 Å². The molecule has 0 aliphatic heterocycles. The van der Waals surface area contributed by atoms with E-state index in [1.165, 1.54) is 4.90 Å². The van der Waals surface area contributed by atoms with Crippen LogP contribution < -0.4 is 0 Å². The van der Waals surface area contributed by atoms with E-state index in [1.54, 1.807) is 25.2 Å². The molecule has 4 nitrogen and oxygen atoms in total. The SMILES string of the molecule is CN(CC1(O)CCCC1)C(=O)c1cccc(Cl)n1. The number of nitrogens with zero attached hydrogens (tertiary/aromatic N) is 2. The Hall–Kier alpha value is -1.13. The van der Waals surface area contributed by atoms with Gasteiger partial charge in [-0.25, -0.2) is 4.98 Å². The van der Waals surface area contributed by atoms with E-state index in [0.717, 1.165) is 25.7 Å². The number of halogens is 1. The summed E-state index contributed by atoms with van der Waals surface area (Å²) in [7, 11) is 1.68. The number of pyridine rings is 1. The van der Waals surface area contributed by atoms with Crippen LogP contribution in [0.25, 0.3) is 0 Å². The molecular formula is C13H17ClN2O2. The van der Waals surface area contributed by atoms with E-state index in [9.17, 15) is 9.90 Å². The number of likely N-dealkylation sites (N-methyl/N-ethyl adjacent to an activating group) is 1. The maximum absolute atomic E-state index is 12.1. The van der Waals surface area contributed by atoms with Gasteiger partial charge in [0.15, 0.2) is 0 Å². The molecular weight excluding hydrogens is 252 g/mol. The van der Waals surface area contributed by atoms with Crippen LogP contribution in [0.3, 0.4) is 0 Å². The first-order valence-corrected chi connectivity index (χ1v) is 6.48. The van der Waals surface area contributed by atoms with Gasteiger partial charge in [0.05, 0.1) is 5.60 Å². The summed E-state index contributed by atoms with van der Waals surface area (Å²) in [5.41, 5.74) is -0.421. The van der Waals surface area contributed by atoms with Gasteiger partial charge in [-0.3, -0.25) is 4.79 Å². The molecule has 0 radical (unpaired) electrons. The molecule has 1 aromatic rings. The molecule has 1 aliphatic carbocycles. The number of hydrogen-bond acceptors (Lipinski definition) is 3. The van der Waals surface area contributed by atoms with Crippen molar-refractivity contribution in [2.24, 2.45) is 0 Å². The molecule has 0 aromatic carbocycles. The van der Waals surface area contributed by atoms with Crippen molar-refractivity contribution in [3.05, 3.63) is 29.0 Å². The van der Waals surface area contributed by atoms with Crippen molar-refractivity contribution < 1.29 is 9.90 Å². The molecule has 98 valence electrons. The molecule has 0 unspecified atom stereocenters. The topological polar surface area (TPSA) is 53.4 Å². The van der Waals surface area contributed by atoms with Gasteiger partial charge in [0.1, 0.15) is 10.8 Å². The monoisotopic (exact) mass is 268 g/mol. The lowest BCUT2D eigenvalue weighted by Crippen LogP contribution is -2.42. The Labute approximate surface area is 112 Å². The van der Waals surface area contributed by atoms with E-state index in [-0.39, 0.29) is 5.91 Å². The van der Waals surface area contributed by atoms with Crippen molar-refractivity contribution in [3.63, 3.8) is 0 Å².